The number of hydrogen-bond donors (Lipinski definition) is 0. The quantitative estimate of drug-likeness (QED) is 0.697. The van der Waals surface area contributed by atoms with Crippen LogP contribution in [0.1, 0.15) is 59.3 Å². The second-order valence-electron chi connectivity index (χ2n) is 7.90. The summed E-state index contributed by atoms with van der Waals surface area (Å²) in [4.78, 5) is 24.3. The maximum atomic E-state index is 12.4. The minimum atomic E-state index is -0.422. The van der Waals surface area contributed by atoms with Crippen molar-refractivity contribution in [2.24, 2.45) is 22.7 Å². The standard InChI is InChI=1S/C17H26O4/c1-15-7-5-8-16(2,14(19)20-4)11(15)6-9-17(3)12(15)10-13(18)21-17/h11-12H,5-10H2,1-4H3/t11-,12-,15+,16+,17+/m1/s1. The third kappa shape index (κ3) is 1.87. The Bertz CT molecular complexity index is 487. The summed E-state index contributed by atoms with van der Waals surface area (Å²) in [7, 11) is 1.48. The van der Waals surface area contributed by atoms with Gasteiger partial charge in [0.05, 0.1) is 18.9 Å². The van der Waals surface area contributed by atoms with E-state index in [0.717, 1.165) is 32.1 Å². The van der Waals surface area contributed by atoms with Crippen molar-refractivity contribution in [2.45, 2.75) is 64.9 Å². The molecule has 0 bridgehead atoms. The lowest BCUT2D eigenvalue weighted by molar-refractivity contribution is -0.185. The average Bonchev–Trinajstić information content (AvgIpc) is 2.73. The molecule has 0 amide bonds. The van der Waals surface area contributed by atoms with E-state index in [2.05, 4.69) is 20.8 Å². The van der Waals surface area contributed by atoms with Crippen molar-refractivity contribution < 1.29 is 19.1 Å². The summed E-state index contributed by atoms with van der Waals surface area (Å²) in [6.07, 6.45) is 5.26. The molecule has 3 aliphatic rings. The predicted molar refractivity (Wildman–Crippen MR) is 77.4 cm³/mol. The topological polar surface area (TPSA) is 52.6 Å². The fourth-order valence-corrected chi connectivity index (χ4v) is 5.80. The second kappa shape index (κ2) is 4.47. The molecule has 3 fully saturated rings. The van der Waals surface area contributed by atoms with Gasteiger partial charge in [-0.3, -0.25) is 9.59 Å². The molecule has 5 atom stereocenters. The van der Waals surface area contributed by atoms with Crippen molar-refractivity contribution in [1.82, 2.24) is 0 Å². The highest BCUT2D eigenvalue weighted by Crippen LogP contribution is 2.65. The average molecular weight is 294 g/mol. The summed E-state index contributed by atoms with van der Waals surface area (Å²) in [6, 6.07) is 0. The zero-order valence-corrected chi connectivity index (χ0v) is 13.5. The third-order valence-electron chi connectivity index (χ3n) is 6.81. The predicted octanol–water partition coefficient (Wildman–Crippen LogP) is 3.09. The molecular weight excluding hydrogens is 268 g/mol. The Balaban J connectivity index is 2.00. The Labute approximate surface area is 126 Å². The minimum absolute atomic E-state index is 0.0135. The molecule has 118 valence electrons. The SMILES string of the molecule is COC(=O)[C@@]1(C)CCC[C@]2(C)[C@H]3CC(=O)O[C@@]3(C)CC[C@H]21. The highest BCUT2D eigenvalue weighted by atomic mass is 16.6. The highest BCUT2D eigenvalue weighted by molar-refractivity contribution is 5.77. The van der Waals surface area contributed by atoms with Crippen LogP contribution in [0.5, 0.6) is 0 Å². The van der Waals surface area contributed by atoms with Gasteiger partial charge in [0, 0.05) is 5.92 Å². The van der Waals surface area contributed by atoms with Crippen LogP contribution in [0.2, 0.25) is 0 Å². The first-order chi connectivity index (χ1) is 9.76. The molecule has 0 aromatic rings. The number of carbonyl (C=O) groups excluding carboxylic acids is 2. The van der Waals surface area contributed by atoms with Crippen LogP contribution in [0.25, 0.3) is 0 Å². The van der Waals surface area contributed by atoms with Crippen LogP contribution in [-0.2, 0) is 19.1 Å². The van der Waals surface area contributed by atoms with E-state index in [1.807, 2.05) is 0 Å². The van der Waals surface area contributed by atoms with E-state index >= 15 is 0 Å². The number of methoxy groups -OCH3 is 1. The summed E-state index contributed by atoms with van der Waals surface area (Å²) in [5.74, 6) is 0.335. The molecule has 0 radical (unpaired) electrons. The van der Waals surface area contributed by atoms with Crippen molar-refractivity contribution in [2.75, 3.05) is 7.11 Å². The Morgan fingerprint density at radius 3 is 2.57 bits per heavy atom. The summed E-state index contributed by atoms with van der Waals surface area (Å²) >= 11 is 0. The van der Waals surface area contributed by atoms with E-state index in [9.17, 15) is 9.59 Å². The smallest absolute Gasteiger partial charge is 0.311 e. The van der Waals surface area contributed by atoms with Crippen molar-refractivity contribution in [3.63, 3.8) is 0 Å². The molecule has 0 aromatic heterocycles. The van der Waals surface area contributed by atoms with E-state index < -0.39 is 5.41 Å². The lowest BCUT2D eigenvalue weighted by Crippen LogP contribution is -2.58. The largest absolute Gasteiger partial charge is 0.469 e. The number of ether oxygens (including phenoxy) is 2. The number of carbonyl (C=O) groups is 2. The maximum absolute atomic E-state index is 12.4. The van der Waals surface area contributed by atoms with Crippen LogP contribution in [0.4, 0.5) is 0 Å². The van der Waals surface area contributed by atoms with E-state index in [1.165, 1.54) is 7.11 Å². The zero-order valence-electron chi connectivity index (χ0n) is 13.5. The highest BCUT2D eigenvalue weighted by Gasteiger charge is 2.65. The molecule has 4 heteroatoms. The monoisotopic (exact) mass is 294 g/mol. The molecule has 0 N–H and O–H groups in total. The second-order valence-corrected chi connectivity index (χ2v) is 7.90. The molecule has 1 heterocycles. The van der Waals surface area contributed by atoms with Crippen molar-refractivity contribution in [3.8, 4) is 0 Å². The summed E-state index contributed by atoms with van der Waals surface area (Å²) in [5, 5.41) is 0. The van der Waals surface area contributed by atoms with Crippen LogP contribution >= 0.6 is 0 Å². The lowest BCUT2D eigenvalue weighted by atomic mass is 9.45. The molecule has 0 unspecified atom stereocenters. The van der Waals surface area contributed by atoms with Crippen molar-refractivity contribution in [1.29, 1.82) is 0 Å². The number of esters is 2. The molecule has 4 nitrogen and oxygen atoms in total. The Kier molecular flexibility index (Phi) is 3.16. The molecule has 2 saturated carbocycles. The first kappa shape index (κ1) is 14.9. The molecule has 1 saturated heterocycles. The van der Waals surface area contributed by atoms with Gasteiger partial charge in [0.25, 0.3) is 0 Å². The van der Waals surface area contributed by atoms with E-state index in [-0.39, 0.29) is 34.8 Å². The lowest BCUT2D eigenvalue weighted by Gasteiger charge is -2.59. The molecule has 0 spiro atoms. The van der Waals surface area contributed by atoms with Crippen LogP contribution in [-0.4, -0.2) is 24.6 Å². The van der Waals surface area contributed by atoms with Crippen LogP contribution in [0, 0.1) is 22.7 Å². The minimum Gasteiger partial charge on any atom is -0.469 e. The van der Waals surface area contributed by atoms with Gasteiger partial charge in [0.1, 0.15) is 5.60 Å². The van der Waals surface area contributed by atoms with Gasteiger partial charge in [-0.1, -0.05) is 13.3 Å². The normalized spacial score (nSPS) is 49.0. The third-order valence-corrected chi connectivity index (χ3v) is 6.81. The summed E-state index contributed by atoms with van der Waals surface area (Å²) in [6.45, 7) is 6.40. The van der Waals surface area contributed by atoms with E-state index in [0.29, 0.717) is 6.42 Å². The Hall–Kier alpha value is -1.06. The van der Waals surface area contributed by atoms with E-state index in [4.69, 9.17) is 9.47 Å². The summed E-state index contributed by atoms with van der Waals surface area (Å²) in [5.41, 5.74) is -0.772. The first-order valence-corrected chi connectivity index (χ1v) is 8.06. The molecule has 1 aliphatic heterocycles. The van der Waals surface area contributed by atoms with Gasteiger partial charge in [-0.15, -0.1) is 0 Å². The maximum Gasteiger partial charge on any atom is 0.311 e. The van der Waals surface area contributed by atoms with Gasteiger partial charge >= 0.3 is 11.9 Å². The molecule has 3 rings (SSSR count). The van der Waals surface area contributed by atoms with Crippen molar-refractivity contribution >= 4 is 11.9 Å². The number of hydrogen-bond acceptors (Lipinski definition) is 4. The summed E-state index contributed by atoms with van der Waals surface area (Å²) < 4.78 is 10.8. The Morgan fingerprint density at radius 2 is 1.90 bits per heavy atom. The molecule has 21 heavy (non-hydrogen) atoms. The molecule has 2 aliphatic carbocycles. The molecule has 0 aromatic carbocycles. The van der Waals surface area contributed by atoms with Gasteiger partial charge in [-0.25, -0.2) is 0 Å². The van der Waals surface area contributed by atoms with Gasteiger partial charge < -0.3 is 9.47 Å². The zero-order chi connectivity index (χ0) is 15.5. The van der Waals surface area contributed by atoms with Gasteiger partial charge in [-0.2, -0.15) is 0 Å². The van der Waals surface area contributed by atoms with Gasteiger partial charge in [0.15, 0.2) is 0 Å². The van der Waals surface area contributed by atoms with Crippen LogP contribution < -0.4 is 0 Å². The number of rotatable bonds is 1. The van der Waals surface area contributed by atoms with E-state index in [1.54, 1.807) is 0 Å². The van der Waals surface area contributed by atoms with Crippen molar-refractivity contribution in [3.05, 3.63) is 0 Å². The van der Waals surface area contributed by atoms with Crippen LogP contribution in [0.15, 0.2) is 0 Å². The van der Waals surface area contributed by atoms with Gasteiger partial charge in [-0.05, 0) is 50.9 Å². The fraction of sp³-hybridized carbons (Fsp3) is 0.882. The van der Waals surface area contributed by atoms with Gasteiger partial charge in [0.2, 0.25) is 0 Å². The number of fused-ring (bicyclic) bond motifs is 3. The Morgan fingerprint density at radius 1 is 1.19 bits per heavy atom. The first-order valence-electron chi connectivity index (χ1n) is 8.06. The molecular formula is C17H26O4. The van der Waals surface area contributed by atoms with Crippen LogP contribution in [0.3, 0.4) is 0 Å². The fourth-order valence-electron chi connectivity index (χ4n) is 5.80.